The van der Waals surface area contributed by atoms with Gasteiger partial charge in [-0.1, -0.05) is 32.4 Å². The number of aromatic nitrogens is 1. The third-order valence-corrected chi connectivity index (χ3v) is 1.99. The molecule has 0 saturated carbocycles. The highest BCUT2D eigenvalue weighted by Crippen LogP contribution is 2.21. The van der Waals surface area contributed by atoms with Crippen LogP contribution in [0.4, 0.5) is 5.69 Å². The molecule has 0 aromatic carbocycles. The number of carbonyl (C=O) groups is 1. The zero-order chi connectivity index (χ0) is 10.8. The summed E-state index contributed by atoms with van der Waals surface area (Å²) in [7, 11) is 0. The van der Waals surface area contributed by atoms with Crippen molar-refractivity contribution in [2.24, 2.45) is 5.41 Å². The van der Waals surface area contributed by atoms with Gasteiger partial charge < -0.3 is 5.32 Å². The number of amides is 1. The molecule has 0 aliphatic heterocycles. The monoisotopic (exact) mass is 212 g/mol. The van der Waals surface area contributed by atoms with Crippen molar-refractivity contribution in [1.29, 1.82) is 0 Å². The van der Waals surface area contributed by atoms with Crippen LogP contribution in [-0.2, 0) is 4.79 Å². The molecule has 0 radical (unpaired) electrons. The van der Waals surface area contributed by atoms with E-state index in [1.54, 1.807) is 18.3 Å². The second-order valence-corrected chi connectivity index (χ2v) is 4.40. The topological polar surface area (TPSA) is 42.0 Å². The Kier molecular flexibility index (Phi) is 3.11. The van der Waals surface area contributed by atoms with Crippen molar-refractivity contribution < 1.29 is 4.79 Å². The molecule has 14 heavy (non-hydrogen) atoms. The van der Waals surface area contributed by atoms with Crippen molar-refractivity contribution in [2.75, 3.05) is 5.32 Å². The van der Waals surface area contributed by atoms with Crippen LogP contribution in [0.2, 0.25) is 5.15 Å². The Bertz CT molecular complexity index is 344. The van der Waals surface area contributed by atoms with E-state index in [1.165, 1.54) is 0 Å². The number of nitrogens with one attached hydrogen (secondary N) is 1. The highest BCUT2D eigenvalue weighted by molar-refractivity contribution is 6.32. The van der Waals surface area contributed by atoms with E-state index < -0.39 is 5.41 Å². The Labute approximate surface area is 88.5 Å². The van der Waals surface area contributed by atoms with Crippen molar-refractivity contribution in [3.63, 3.8) is 0 Å². The summed E-state index contributed by atoms with van der Waals surface area (Å²) in [5, 5.41) is 3.03. The number of carbonyl (C=O) groups excluding carboxylic acids is 1. The quantitative estimate of drug-likeness (QED) is 0.728. The van der Waals surface area contributed by atoms with Gasteiger partial charge in [0.25, 0.3) is 0 Å². The van der Waals surface area contributed by atoms with Gasteiger partial charge in [-0.05, 0) is 12.1 Å². The molecule has 0 aliphatic carbocycles. The first-order chi connectivity index (χ1) is 6.41. The van der Waals surface area contributed by atoms with Crippen molar-refractivity contribution in [1.82, 2.24) is 4.98 Å². The molecule has 1 aromatic rings. The molecular weight excluding hydrogens is 200 g/mol. The lowest BCUT2D eigenvalue weighted by atomic mass is 9.96. The zero-order valence-corrected chi connectivity index (χ0v) is 9.22. The highest BCUT2D eigenvalue weighted by Gasteiger charge is 2.21. The Hall–Kier alpha value is -1.09. The number of nitrogens with zero attached hydrogens (tertiary/aromatic N) is 1. The minimum Gasteiger partial charge on any atom is -0.323 e. The van der Waals surface area contributed by atoms with Crippen molar-refractivity contribution in [2.45, 2.75) is 20.8 Å². The lowest BCUT2D eigenvalue weighted by Crippen LogP contribution is -2.27. The number of rotatable bonds is 1. The Morgan fingerprint density at radius 3 is 2.64 bits per heavy atom. The molecule has 76 valence electrons. The summed E-state index contributed by atoms with van der Waals surface area (Å²) in [6, 6.07) is 3.45. The summed E-state index contributed by atoms with van der Waals surface area (Å²) >= 11 is 5.79. The second kappa shape index (κ2) is 3.96. The van der Waals surface area contributed by atoms with E-state index in [4.69, 9.17) is 11.6 Å². The fraction of sp³-hybridized carbons (Fsp3) is 0.400. The molecule has 3 nitrogen and oxygen atoms in total. The number of hydrogen-bond acceptors (Lipinski definition) is 2. The molecule has 4 heteroatoms. The molecular formula is C10H13ClN2O. The summed E-state index contributed by atoms with van der Waals surface area (Å²) in [4.78, 5) is 15.5. The van der Waals surface area contributed by atoms with Gasteiger partial charge >= 0.3 is 0 Å². The summed E-state index contributed by atoms with van der Waals surface area (Å²) in [5.74, 6) is -0.0765. The van der Waals surface area contributed by atoms with Gasteiger partial charge in [-0.15, -0.1) is 0 Å². The van der Waals surface area contributed by atoms with Gasteiger partial charge in [0.2, 0.25) is 5.91 Å². The predicted octanol–water partition coefficient (Wildman–Crippen LogP) is 2.72. The Morgan fingerprint density at radius 1 is 1.50 bits per heavy atom. The lowest BCUT2D eigenvalue weighted by molar-refractivity contribution is -0.123. The molecule has 0 spiro atoms. The van der Waals surface area contributed by atoms with Crippen molar-refractivity contribution in [3.05, 3.63) is 23.5 Å². The van der Waals surface area contributed by atoms with E-state index in [9.17, 15) is 4.79 Å². The minimum atomic E-state index is -0.431. The maximum atomic E-state index is 11.6. The van der Waals surface area contributed by atoms with Crippen LogP contribution in [0.1, 0.15) is 20.8 Å². The molecule has 1 amide bonds. The van der Waals surface area contributed by atoms with E-state index in [0.717, 1.165) is 0 Å². The van der Waals surface area contributed by atoms with E-state index >= 15 is 0 Å². The number of hydrogen-bond donors (Lipinski definition) is 1. The van der Waals surface area contributed by atoms with E-state index in [0.29, 0.717) is 10.8 Å². The molecule has 1 heterocycles. The van der Waals surface area contributed by atoms with Gasteiger partial charge in [0.15, 0.2) is 5.15 Å². The molecule has 1 rings (SSSR count). The number of pyridine rings is 1. The molecule has 0 atom stereocenters. The summed E-state index contributed by atoms with van der Waals surface area (Å²) < 4.78 is 0. The smallest absolute Gasteiger partial charge is 0.229 e. The van der Waals surface area contributed by atoms with Crippen LogP contribution in [0.15, 0.2) is 18.3 Å². The van der Waals surface area contributed by atoms with Gasteiger partial charge in [0, 0.05) is 11.6 Å². The van der Waals surface area contributed by atoms with Gasteiger partial charge in [0.05, 0.1) is 5.69 Å². The summed E-state index contributed by atoms with van der Waals surface area (Å²) in [6.45, 7) is 5.52. The van der Waals surface area contributed by atoms with Crippen molar-refractivity contribution in [3.8, 4) is 0 Å². The van der Waals surface area contributed by atoms with Gasteiger partial charge in [-0.3, -0.25) is 4.79 Å². The average molecular weight is 213 g/mol. The van der Waals surface area contributed by atoms with Crippen LogP contribution in [0, 0.1) is 5.41 Å². The van der Waals surface area contributed by atoms with Crippen LogP contribution in [0.25, 0.3) is 0 Å². The average Bonchev–Trinajstić information content (AvgIpc) is 2.07. The summed E-state index contributed by atoms with van der Waals surface area (Å²) in [6.07, 6.45) is 1.58. The van der Waals surface area contributed by atoms with Crippen LogP contribution in [-0.4, -0.2) is 10.9 Å². The third kappa shape index (κ3) is 2.70. The predicted molar refractivity (Wildman–Crippen MR) is 57.3 cm³/mol. The molecule has 1 N–H and O–H groups in total. The fourth-order valence-corrected chi connectivity index (χ4v) is 0.956. The van der Waals surface area contributed by atoms with Crippen molar-refractivity contribution >= 4 is 23.2 Å². The molecule has 0 bridgehead atoms. The Balaban J connectivity index is 2.80. The maximum Gasteiger partial charge on any atom is 0.229 e. The third-order valence-electron chi connectivity index (χ3n) is 1.69. The zero-order valence-electron chi connectivity index (χ0n) is 8.47. The van der Waals surface area contributed by atoms with Gasteiger partial charge in [-0.25, -0.2) is 4.98 Å². The molecule has 1 aromatic heterocycles. The lowest BCUT2D eigenvalue weighted by Gasteiger charge is -2.17. The fourth-order valence-electron chi connectivity index (χ4n) is 0.789. The first kappa shape index (κ1) is 11.0. The number of anilines is 1. The van der Waals surface area contributed by atoms with Crippen LogP contribution in [0.5, 0.6) is 0 Å². The number of halogens is 1. The van der Waals surface area contributed by atoms with Crippen LogP contribution < -0.4 is 5.32 Å². The van der Waals surface area contributed by atoms with Gasteiger partial charge in [0.1, 0.15) is 0 Å². The van der Waals surface area contributed by atoms with E-state index in [-0.39, 0.29) is 5.91 Å². The normalized spacial score (nSPS) is 11.1. The van der Waals surface area contributed by atoms with E-state index in [2.05, 4.69) is 10.3 Å². The molecule has 0 aliphatic rings. The second-order valence-electron chi connectivity index (χ2n) is 4.05. The maximum absolute atomic E-state index is 11.6. The van der Waals surface area contributed by atoms with Crippen LogP contribution in [0.3, 0.4) is 0 Å². The standard InChI is InChI=1S/C10H13ClN2O/c1-10(2,3)9(14)13-7-5-4-6-12-8(7)11/h4-6H,1-3H3,(H,13,14). The van der Waals surface area contributed by atoms with E-state index in [1.807, 2.05) is 20.8 Å². The SMILES string of the molecule is CC(C)(C)C(=O)Nc1cccnc1Cl. The molecule has 0 unspecified atom stereocenters. The molecule has 0 fully saturated rings. The largest absolute Gasteiger partial charge is 0.323 e. The highest BCUT2D eigenvalue weighted by atomic mass is 35.5. The first-order valence-electron chi connectivity index (χ1n) is 4.33. The van der Waals surface area contributed by atoms with Gasteiger partial charge in [-0.2, -0.15) is 0 Å². The molecule has 0 saturated heterocycles. The Morgan fingerprint density at radius 2 is 2.14 bits per heavy atom. The first-order valence-corrected chi connectivity index (χ1v) is 4.71. The van der Waals surface area contributed by atoms with Crippen LogP contribution >= 0.6 is 11.6 Å². The minimum absolute atomic E-state index is 0.0765. The summed E-state index contributed by atoms with van der Waals surface area (Å²) in [5.41, 5.74) is 0.119.